The van der Waals surface area contributed by atoms with Crippen molar-refractivity contribution < 1.29 is 9.18 Å². The molecule has 9 heteroatoms. The largest absolute Gasteiger partial charge is 0.355 e. The maximum atomic E-state index is 13.8. The number of pyridine rings is 2. The maximum absolute atomic E-state index is 13.8. The van der Waals surface area contributed by atoms with E-state index in [-0.39, 0.29) is 11.7 Å². The first-order valence-electron chi connectivity index (χ1n) is 10.9. The van der Waals surface area contributed by atoms with E-state index in [0.29, 0.717) is 16.5 Å². The summed E-state index contributed by atoms with van der Waals surface area (Å²) in [6.07, 6.45) is 5.16. The molecule has 0 bridgehead atoms. The van der Waals surface area contributed by atoms with Gasteiger partial charge in [-0.2, -0.15) is 0 Å². The third-order valence-corrected chi connectivity index (χ3v) is 7.57. The van der Waals surface area contributed by atoms with Gasteiger partial charge in [0.25, 0.3) is 5.91 Å². The fourth-order valence-electron chi connectivity index (χ4n) is 3.67. The van der Waals surface area contributed by atoms with Crippen LogP contribution in [0.2, 0.25) is 0 Å². The Morgan fingerprint density at radius 1 is 0.806 bits per heavy atom. The number of rotatable bonds is 6. The maximum Gasteiger partial charge on any atom is 0.267 e. The second-order valence-corrected chi connectivity index (χ2v) is 9.74. The number of amides is 1. The van der Waals surface area contributed by atoms with Crippen molar-refractivity contribution in [2.24, 2.45) is 0 Å². The zero-order valence-electron chi connectivity index (χ0n) is 18.6. The van der Waals surface area contributed by atoms with E-state index in [0.717, 1.165) is 28.4 Å². The Kier molecular flexibility index (Phi) is 7.28. The lowest BCUT2D eigenvalue weighted by atomic mass is 10.1. The van der Waals surface area contributed by atoms with Crippen LogP contribution in [0, 0.1) is 5.82 Å². The third kappa shape index (κ3) is 5.26. The molecular weight excluding hydrogens is 683 g/mol. The Hall–Kier alpha value is -3.32. The Morgan fingerprint density at radius 3 is 2.33 bits per heavy atom. The standard InChI is InChI=1S/C27H18FI2N5O/c28-19-6-9-25-24(16-19)26(12-15-32-25)33-20-7-4-18(5-8-20)27(36)35(30)23-3-1-2-22(17-23)34(29)21-10-13-31-14-11-21/h1-17H,(H,32,33). The summed E-state index contributed by atoms with van der Waals surface area (Å²) >= 11 is 4.26. The molecule has 0 aliphatic carbocycles. The van der Waals surface area contributed by atoms with Crippen LogP contribution in [0.5, 0.6) is 0 Å². The zero-order valence-corrected chi connectivity index (χ0v) is 23.0. The molecule has 0 saturated heterocycles. The topological polar surface area (TPSA) is 61.4 Å². The van der Waals surface area contributed by atoms with E-state index in [1.807, 2.05) is 74.5 Å². The highest BCUT2D eigenvalue weighted by molar-refractivity contribution is 14.1. The molecule has 1 N–H and O–H groups in total. The summed E-state index contributed by atoms with van der Waals surface area (Å²) in [5, 5.41) is 3.98. The molecule has 0 saturated carbocycles. The highest BCUT2D eigenvalue weighted by Crippen LogP contribution is 2.33. The summed E-state index contributed by atoms with van der Waals surface area (Å²) in [6.45, 7) is 0. The van der Waals surface area contributed by atoms with Crippen LogP contribution >= 0.6 is 45.7 Å². The number of halogens is 3. The highest BCUT2D eigenvalue weighted by atomic mass is 127. The minimum Gasteiger partial charge on any atom is -0.355 e. The van der Waals surface area contributed by atoms with Crippen LogP contribution in [0.15, 0.2) is 104 Å². The zero-order chi connectivity index (χ0) is 25.1. The van der Waals surface area contributed by atoms with E-state index >= 15 is 0 Å². The summed E-state index contributed by atoms with van der Waals surface area (Å²) < 4.78 is 17.4. The second-order valence-electron chi connectivity index (χ2n) is 7.81. The van der Waals surface area contributed by atoms with Crippen LogP contribution in [-0.2, 0) is 0 Å². The minimum absolute atomic E-state index is 0.139. The van der Waals surface area contributed by atoms with Crippen molar-refractivity contribution in [3.8, 4) is 0 Å². The first-order valence-corrected chi connectivity index (χ1v) is 12.8. The van der Waals surface area contributed by atoms with Gasteiger partial charge in [0.05, 0.1) is 68.3 Å². The molecule has 2 heterocycles. The van der Waals surface area contributed by atoms with Gasteiger partial charge in [-0.05, 0) is 78.9 Å². The van der Waals surface area contributed by atoms with Gasteiger partial charge in [0.2, 0.25) is 0 Å². The van der Waals surface area contributed by atoms with Gasteiger partial charge in [0.1, 0.15) is 5.82 Å². The minimum atomic E-state index is -0.322. The van der Waals surface area contributed by atoms with Crippen molar-refractivity contribution in [3.63, 3.8) is 0 Å². The molecule has 0 radical (unpaired) electrons. The molecule has 0 fully saturated rings. The molecule has 5 rings (SSSR count). The Balaban J connectivity index is 1.33. The molecule has 2 aromatic heterocycles. The van der Waals surface area contributed by atoms with Gasteiger partial charge in [-0.15, -0.1) is 0 Å². The first-order chi connectivity index (χ1) is 17.5. The summed E-state index contributed by atoms with van der Waals surface area (Å²) in [6, 6.07) is 25.1. The smallest absolute Gasteiger partial charge is 0.267 e. The van der Waals surface area contributed by atoms with E-state index in [4.69, 9.17) is 0 Å². The highest BCUT2D eigenvalue weighted by Gasteiger charge is 2.17. The summed E-state index contributed by atoms with van der Waals surface area (Å²) in [4.78, 5) is 21.5. The van der Waals surface area contributed by atoms with Crippen LogP contribution in [0.25, 0.3) is 10.9 Å². The number of carbonyl (C=O) groups excluding carboxylic acids is 1. The summed E-state index contributed by atoms with van der Waals surface area (Å²) in [5.74, 6) is -0.461. The van der Waals surface area contributed by atoms with Crippen molar-refractivity contribution in [1.29, 1.82) is 0 Å². The van der Waals surface area contributed by atoms with Crippen LogP contribution in [0.4, 0.5) is 32.8 Å². The Labute approximate surface area is 235 Å². The van der Waals surface area contributed by atoms with Gasteiger partial charge in [-0.3, -0.25) is 17.9 Å². The van der Waals surface area contributed by atoms with E-state index in [1.54, 1.807) is 46.0 Å². The van der Waals surface area contributed by atoms with E-state index < -0.39 is 0 Å². The van der Waals surface area contributed by atoms with Crippen molar-refractivity contribution in [2.75, 3.05) is 11.5 Å². The lowest BCUT2D eigenvalue weighted by molar-refractivity contribution is 0.101. The predicted molar refractivity (Wildman–Crippen MR) is 159 cm³/mol. The van der Waals surface area contributed by atoms with Crippen LogP contribution < -0.4 is 11.5 Å². The van der Waals surface area contributed by atoms with Gasteiger partial charge in [0, 0.05) is 40.9 Å². The number of fused-ring (bicyclic) bond motifs is 1. The number of anilines is 5. The number of hydrogen-bond acceptors (Lipinski definition) is 5. The molecule has 3 aromatic carbocycles. The lowest BCUT2D eigenvalue weighted by Gasteiger charge is -2.20. The number of nitrogens with one attached hydrogen (secondary N) is 1. The second kappa shape index (κ2) is 10.7. The monoisotopic (exact) mass is 701 g/mol. The Morgan fingerprint density at radius 2 is 1.56 bits per heavy atom. The van der Waals surface area contributed by atoms with E-state index in [1.165, 1.54) is 12.1 Å². The Bertz CT molecular complexity index is 1530. The lowest BCUT2D eigenvalue weighted by Crippen LogP contribution is -2.20. The van der Waals surface area contributed by atoms with E-state index in [9.17, 15) is 9.18 Å². The molecule has 0 aliphatic rings. The van der Waals surface area contributed by atoms with Crippen molar-refractivity contribution in [1.82, 2.24) is 9.97 Å². The molecule has 0 spiro atoms. The quantitative estimate of drug-likeness (QED) is 0.144. The number of nitrogens with zero attached hydrogens (tertiary/aromatic N) is 4. The molecule has 0 aliphatic heterocycles. The molecule has 6 nitrogen and oxygen atoms in total. The first kappa shape index (κ1) is 24.4. The average Bonchev–Trinajstić information content (AvgIpc) is 2.93. The molecule has 36 heavy (non-hydrogen) atoms. The average molecular weight is 701 g/mol. The summed E-state index contributed by atoms with van der Waals surface area (Å²) in [7, 11) is 0. The van der Waals surface area contributed by atoms with Gasteiger partial charge in [0.15, 0.2) is 0 Å². The molecule has 1 amide bonds. The van der Waals surface area contributed by atoms with E-state index in [2.05, 4.69) is 38.1 Å². The van der Waals surface area contributed by atoms with Gasteiger partial charge in [-0.1, -0.05) is 6.07 Å². The molecular formula is C27H18FI2N5O. The van der Waals surface area contributed by atoms with Crippen LogP contribution in [0.3, 0.4) is 0 Å². The number of aromatic nitrogens is 2. The van der Waals surface area contributed by atoms with Crippen molar-refractivity contribution >= 4 is 91.0 Å². The van der Waals surface area contributed by atoms with Crippen molar-refractivity contribution in [2.45, 2.75) is 0 Å². The predicted octanol–water partition coefficient (Wildman–Crippen LogP) is 8.00. The fourth-order valence-corrected chi connectivity index (χ4v) is 4.87. The van der Waals surface area contributed by atoms with Gasteiger partial charge < -0.3 is 5.32 Å². The van der Waals surface area contributed by atoms with Crippen LogP contribution in [0.1, 0.15) is 10.4 Å². The van der Waals surface area contributed by atoms with Crippen molar-refractivity contribution in [3.05, 3.63) is 115 Å². The van der Waals surface area contributed by atoms with Gasteiger partial charge in [-0.25, -0.2) is 7.50 Å². The molecule has 0 atom stereocenters. The van der Waals surface area contributed by atoms with Gasteiger partial charge >= 0.3 is 0 Å². The summed E-state index contributed by atoms with van der Waals surface area (Å²) in [5.41, 5.74) is 5.46. The fraction of sp³-hybridized carbons (Fsp3) is 0. The van der Waals surface area contributed by atoms with Crippen LogP contribution in [-0.4, -0.2) is 15.9 Å². The number of benzene rings is 3. The number of carbonyl (C=O) groups is 1. The SMILES string of the molecule is O=C(c1ccc(Nc2ccnc3ccc(F)cc23)cc1)N(I)c1cccc(N(I)c2ccncc2)c1. The molecule has 178 valence electrons. The number of hydrogen-bond donors (Lipinski definition) is 1. The molecule has 0 unspecified atom stereocenters. The normalized spacial score (nSPS) is 10.8. The third-order valence-electron chi connectivity index (χ3n) is 5.47. The molecule has 5 aromatic rings.